The van der Waals surface area contributed by atoms with Crippen LogP contribution in [0.25, 0.3) is 0 Å². The van der Waals surface area contributed by atoms with Crippen molar-refractivity contribution in [2.24, 2.45) is 24.3 Å². The quantitative estimate of drug-likeness (QED) is 0.915. The zero-order valence-corrected chi connectivity index (χ0v) is 13.4. The molecule has 20 heavy (non-hydrogen) atoms. The first-order chi connectivity index (χ1) is 9.36. The smallest absolute Gasteiger partial charge is 0.0630 e. The van der Waals surface area contributed by atoms with E-state index in [2.05, 4.69) is 43.4 Å². The SMILES string of the molecule is Cn1ccc(CC2(CNC(C)(C)C)CC3CCC2C3)n1. The van der Waals surface area contributed by atoms with Gasteiger partial charge in [-0.05, 0) is 69.8 Å². The number of hydrogen-bond donors (Lipinski definition) is 1. The van der Waals surface area contributed by atoms with E-state index in [1.54, 1.807) is 0 Å². The molecule has 2 aliphatic rings. The molecule has 3 atom stereocenters. The zero-order valence-electron chi connectivity index (χ0n) is 13.4. The Labute approximate surface area is 123 Å². The topological polar surface area (TPSA) is 29.9 Å². The molecular formula is C17H29N3. The van der Waals surface area contributed by atoms with Gasteiger partial charge in [-0.15, -0.1) is 0 Å². The van der Waals surface area contributed by atoms with Gasteiger partial charge in [0.1, 0.15) is 0 Å². The summed E-state index contributed by atoms with van der Waals surface area (Å²) in [5, 5.41) is 8.42. The van der Waals surface area contributed by atoms with E-state index in [-0.39, 0.29) is 5.54 Å². The molecule has 2 aliphatic carbocycles. The van der Waals surface area contributed by atoms with Crippen molar-refractivity contribution in [1.82, 2.24) is 15.1 Å². The Morgan fingerprint density at radius 1 is 1.40 bits per heavy atom. The molecule has 0 radical (unpaired) electrons. The van der Waals surface area contributed by atoms with Gasteiger partial charge >= 0.3 is 0 Å². The summed E-state index contributed by atoms with van der Waals surface area (Å²) in [6.07, 6.45) is 8.98. The lowest BCUT2D eigenvalue weighted by atomic mass is 9.69. The Morgan fingerprint density at radius 3 is 2.70 bits per heavy atom. The largest absolute Gasteiger partial charge is 0.311 e. The highest BCUT2D eigenvalue weighted by Crippen LogP contribution is 2.57. The molecule has 1 aromatic heterocycles. The zero-order chi connectivity index (χ0) is 14.4. The second kappa shape index (κ2) is 4.87. The van der Waals surface area contributed by atoms with Gasteiger partial charge in [0.05, 0.1) is 5.69 Å². The number of aryl methyl sites for hydroxylation is 1. The lowest BCUT2D eigenvalue weighted by molar-refractivity contribution is 0.141. The highest BCUT2D eigenvalue weighted by atomic mass is 15.2. The molecule has 2 saturated carbocycles. The first-order valence-electron chi connectivity index (χ1n) is 8.10. The Morgan fingerprint density at radius 2 is 2.20 bits per heavy atom. The monoisotopic (exact) mass is 275 g/mol. The molecule has 1 N–H and O–H groups in total. The third-order valence-electron chi connectivity index (χ3n) is 5.38. The number of aromatic nitrogens is 2. The van der Waals surface area contributed by atoms with Crippen molar-refractivity contribution in [3.63, 3.8) is 0 Å². The number of rotatable bonds is 4. The summed E-state index contributed by atoms with van der Waals surface area (Å²) in [7, 11) is 2.02. The van der Waals surface area contributed by atoms with Crippen molar-refractivity contribution in [2.45, 2.75) is 58.4 Å². The third-order valence-corrected chi connectivity index (χ3v) is 5.38. The van der Waals surface area contributed by atoms with Crippen molar-refractivity contribution in [3.8, 4) is 0 Å². The van der Waals surface area contributed by atoms with Gasteiger partial charge in [-0.2, -0.15) is 5.10 Å². The van der Waals surface area contributed by atoms with E-state index < -0.39 is 0 Å². The van der Waals surface area contributed by atoms with Crippen LogP contribution in [-0.2, 0) is 13.5 Å². The second-order valence-electron chi connectivity index (χ2n) is 8.20. The molecule has 112 valence electrons. The van der Waals surface area contributed by atoms with Crippen LogP contribution in [0.1, 0.15) is 52.1 Å². The average Bonchev–Trinajstić information content (AvgIpc) is 3.02. The van der Waals surface area contributed by atoms with Gasteiger partial charge in [0, 0.05) is 25.3 Å². The Balaban J connectivity index is 1.77. The van der Waals surface area contributed by atoms with E-state index in [0.717, 1.165) is 24.8 Å². The minimum Gasteiger partial charge on any atom is -0.311 e. The summed E-state index contributed by atoms with van der Waals surface area (Å²) in [4.78, 5) is 0. The summed E-state index contributed by atoms with van der Waals surface area (Å²) in [6.45, 7) is 7.96. The molecule has 1 aromatic rings. The normalized spacial score (nSPS) is 33.0. The van der Waals surface area contributed by atoms with E-state index in [1.807, 2.05) is 11.7 Å². The molecule has 2 fully saturated rings. The van der Waals surface area contributed by atoms with Crippen LogP contribution in [0.3, 0.4) is 0 Å². The molecule has 0 amide bonds. The van der Waals surface area contributed by atoms with Crippen LogP contribution < -0.4 is 5.32 Å². The molecule has 2 bridgehead atoms. The molecule has 1 heterocycles. The number of fused-ring (bicyclic) bond motifs is 2. The first kappa shape index (κ1) is 14.1. The molecular weight excluding hydrogens is 246 g/mol. The predicted molar refractivity (Wildman–Crippen MR) is 82.5 cm³/mol. The maximum Gasteiger partial charge on any atom is 0.0630 e. The van der Waals surface area contributed by atoms with Crippen molar-refractivity contribution >= 4 is 0 Å². The predicted octanol–water partition coefficient (Wildman–Crippen LogP) is 3.16. The molecule has 0 spiro atoms. The van der Waals surface area contributed by atoms with Crippen molar-refractivity contribution in [3.05, 3.63) is 18.0 Å². The van der Waals surface area contributed by atoms with Crippen LogP contribution in [0.4, 0.5) is 0 Å². The molecule has 3 heteroatoms. The van der Waals surface area contributed by atoms with Crippen LogP contribution in [0, 0.1) is 17.3 Å². The number of nitrogens with one attached hydrogen (secondary N) is 1. The standard InChI is InChI=1S/C17H29N3/c1-16(2,3)18-12-17(10-13-5-6-14(17)9-13)11-15-7-8-20(4)19-15/h7-8,13-14,18H,5-6,9-12H2,1-4H3. The number of hydrogen-bond acceptors (Lipinski definition) is 2. The second-order valence-corrected chi connectivity index (χ2v) is 8.20. The molecule has 3 unspecified atom stereocenters. The van der Waals surface area contributed by atoms with Gasteiger partial charge in [0.15, 0.2) is 0 Å². The molecule has 0 aliphatic heterocycles. The van der Waals surface area contributed by atoms with Crippen LogP contribution in [0.2, 0.25) is 0 Å². The minimum absolute atomic E-state index is 0.207. The van der Waals surface area contributed by atoms with E-state index in [1.165, 1.54) is 31.4 Å². The van der Waals surface area contributed by atoms with Gasteiger partial charge in [0.2, 0.25) is 0 Å². The maximum absolute atomic E-state index is 4.64. The van der Waals surface area contributed by atoms with Gasteiger partial charge in [-0.3, -0.25) is 4.68 Å². The van der Waals surface area contributed by atoms with Crippen LogP contribution in [0.15, 0.2) is 12.3 Å². The molecule has 0 saturated heterocycles. The Hall–Kier alpha value is -0.830. The Bertz CT molecular complexity index is 471. The van der Waals surface area contributed by atoms with Gasteiger partial charge in [0.25, 0.3) is 0 Å². The summed E-state index contributed by atoms with van der Waals surface area (Å²) in [5.41, 5.74) is 1.93. The van der Waals surface area contributed by atoms with E-state index >= 15 is 0 Å². The molecule has 0 aromatic carbocycles. The Kier molecular flexibility index (Phi) is 3.44. The van der Waals surface area contributed by atoms with Crippen molar-refractivity contribution < 1.29 is 0 Å². The molecule has 3 nitrogen and oxygen atoms in total. The maximum atomic E-state index is 4.64. The summed E-state index contributed by atoms with van der Waals surface area (Å²) in [5.74, 6) is 1.88. The minimum atomic E-state index is 0.207. The lowest BCUT2D eigenvalue weighted by Crippen LogP contribution is -2.47. The third kappa shape index (κ3) is 2.78. The summed E-state index contributed by atoms with van der Waals surface area (Å²) >= 11 is 0. The van der Waals surface area contributed by atoms with Crippen molar-refractivity contribution in [1.29, 1.82) is 0 Å². The fraction of sp³-hybridized carbons (Fsp3) is 0.824. The van der Waals surface area contributed by atoms with E-state index in [4.69, 9.17) is 0 Å². The van der Waals surface area contributed by atoms with Gasteiger partial charge < -0.3 is 5.32 Å². The van der Waals surface area contributed by atoms with E-state index in [0.29, 0.717) is 5.41 Å². The van der Waals surface area contributed by atoms with Crippen LogP contribution in [0.5, 0.6) is 0 Å². The highest BCUT2D eigenvalue weighted by Gasteiger charge is 2.50. The summed E-state index contributed by atoms with van der Waals surface area (Å²) in [6, 6.07) is 2.20. The fourth-order valence-electron chi connectivity index (χ4n) is 4.41. The first-order valence-corrected chi connectivity index (χ1v) is 8.10. The highest BCUT2D eigenvalue weighted by molar-refractivity contribution is 5.10. The summed E-state index contributed by atoms with van der Waals surface area (Å²) < 4.78 is 1.94. The van der Waals surface area contributed by atoms with Crippen LogP contribution >= 0.6 is 0 Å². The van der Waals surface area contributed by atoms with Crippen LogP contribution in [-0.4, -0.2) is 21.9 Å². The average molecular weight is 275 g/mol. The van der Waals surface area contributed by atoms with E-state index in [9.17, 15) is 0 Å². The number of nitrogens with zero attached hydrogens (tertiary/aromatic N) is 2. The molecule has 3 rings (SSSR count). The van der Waals surface area contributed by atoms with Gasteiger partial charge in [-0.1, -0.05) is 6.42 Å². The van der Waals surface area contributed by atoms with Crippen molar-refractivity contribution in [2.75, 3.05) is 6.54 Å². The lowest BCUT2D eigenvalue weighted by Gasteiger charge is -2.40. The van der Waals surface area contributed by atoms with Gasteiger partial charge in [-0.25, -0.2) is 0 Å². The fourth-order valence-corrected chi connectivity index (χ4v) is 4.41.